The number of nitrogens with zero attached hydrogens (tertiary/aromatic N) is 4. The summed E-state index contributed by atoms with van der Waals surface area (Å²) in [5, 5.41) is 56.0. The van der Waals surface area contributed by atoms with Crippen LogP contribution in [0.2, 0.25) is 0 Å². The number of guanidine groups is 1. The van der Waals surface area contributed by atoms with Gasteiger partial charge in [-0.05, 0) is 51.4 Å². The second kappa shape index (κ2) is 31.5. The largest absolute Gasteiger partial charge is 0.481 e. The minimum Gasteiger partial charge on any atom is -0.481 e. The number of carbonyl (C=O) groups excluding carboxylic acids is 10. The quantitative estimate of drug-likeness (QED) is 0.0138. The van der Waals surface area contributed by atoms with E-state index in [-0.39, 0.29) is 76.3 Å². The van der Waals surface area contributed by atoms with Gasteiger partial charge in [0.25, 0.3) is 0 Å². The van der Waals surface area contributed by atoms with E-state index in [9.17, 15) is 82.8 Å². The van der Waals surface area contributed by atoms with Gasteiger partial charge in [-0.15, -0.1) is 0 Å². The number of aromatic amines is 1. The summed E-state index contributed by atoms with van der Waals surface area (Å²) in [4.78, 5) is 183. The number of aliphatic hydroxyl groups is 1. The molecule has 2 fully saturated rings. The summed E-state index contributed by atoms with van der Waals surface area (Å²) in [6.45, 7) is 4.03. The Morgan fingerprint density at radius 3 is 1.68 bits per heavy atom. The molecule has 1 aromatic rings. The number of imidazole rings is 1. The molecule has 20 N–H and O–H groups in total. The van der Waals surface area contributed by atoms with Gasteiger partial charge in [-0.25, -0.2) is 9.78 Å². The Labute approximate surface area is 463 Å². The Morgan fingerprint density at radius 1 is 0.675 bits per heavy atom. The number of aromatic nitrogens is 2. The number of aliphatic carboxylic acids is 3. The number of hydrogen-bond acceptors (Lipinski definition) is 18. The zero-order chi connectivity index (χ0) is 60.1. The summed E-state index contributed by atoms with van der Waals surface area (Å²) in [6.07, 6.45) is -1.77. The van der Waals surface area contributed by atoms with Crippen molar-refractivity contribution in [2.45, 2.75) is 152 Å². The van der Waals surface area contributed by atoms with Gasteiger partial charge in [0.15, 0.2) is 5.96 Å². The van der Waals surface area contributed by atoms with Crippen LogP contribution in [0.5, 0.6) is 0 Å². The number of carboxylic acid groups (broad SMARTS) is 3. The van der Waals surface area contributed by atoms with Gasteiger partial charge in [0.1, 0.15) is 54.4 Å². The molecule has 3 heterocycles. The molecule has 11 atom stereocenters. The first kappa shape index (κ1) is 66.1. The van der Waals surface area contributed by atoms with Crippen molar-refractivity contribution in [3.05, 3.63) is 18.2 Å². The number of amides is 10. The highest BCUT2D eigenvalue weighted by Crippen LogP contribution is 2.23. The minimum atomic E-state index is -1.90. The molecule has 10 amide bonds. The Morgan fingerprint density at radius 2 is 1.19 bits per heavy atom. The molecule has 0 saturated carbocycles. The number of nitrogens with one attached hydrogen (secondary N) is 8. The second-order valence-corrected chi connectivity index (χ2v) is 19.7. The molecular weight excluding hydrogens is 1080 g/mol. The smallest absolute Gasteiger partial charge is 0.326 e. The van der Waals surface area contributed by atoms with Crippen LogP contribution < -0.4 is 60.2 Å². The van der Waals surface area contributed by atoms with Crippen molar-refractivity contribution in [2.75, 3.05) is 25.4 Å². The third-order valence-corrected chi connectivity index (χ3v) is 13.1. The maximum absolute atomic E-state index is 14.5. The number of primary amides is 1. The van der Waals surface area contributed by atoms with Gasteiger partial charge in [-0.1, -0.05) is 13.8 Å². The maximum Gasteiger partial charge on any atom is 0.326 e. The number of nitrogens with two attached hydrogens (primary N) is 4. The number of carboxylic acids is 3. The molecule has 2 aliphatic heterocycles. The number of aliphatic hydroxyl groups excluding tert-OH is 1. The number of aliphatic imine (C=N–C) groups is 1. The number of likely N-dealkylation sites (tertiary alicyclic amines) is 2. The van der Waals surface area contributed by atoms with Gasteiger partial charge in [0.2, 0.25) is 59.1 Å². The lowest BCUT2D eigenvalue weighted by atomic mass is 10.0. The molecule has 1 aromatic heterocycles. The normalized spacial score (nSPS) is 18.3. The van der Waals surface area contributed by atoms with Crippen molar-refractivity contribution < 1.29 is 82.8 Å². The summed E-state index contributed by atoms with van der Waals surface area (Å²) in [5.74, 6) is -16.0. The van der Waals surface area contributed by atoms with Crippen LogP contribution in [0.3, 0.4) is 0 Å². The first-order chi connectivity index (χ1) is 37.6. The van der Waals surface area contributed by atoms with E-state index in [1.54, 1.807) is 0 Å². The standard InChI is InChI=1S/C46H72N16O17S/c1-20(2)34(42(75)60-35(21(3)63)44(77)62-12-6-8-29(62)40(73)57-27(16-33(67)68)39(72)58-28(45(78)79)14-31(48)64)59-41(74)30-9-5-11-61(30)43(76)24(7-4-10-52-46(49)50)54-38(71)26(15-32(65)66)56-37(70)25(13-22-17-51-19-53-22)55-36(69)23(47)18-80/h17,19-21,23-30,34-35,63,80H,4-16,18,47H2,1-3H3,(H2,48,64)(H,51,53)(H,54,71)(H,55,69)(H,56,70)(H,57,73)(H,58,72)(H,59,74)(H,60,75)(H,65,66)(H,67,68)(H,78,79)(H4,49,50,52)/t21-,23+,24+,25+,26+,27+,28+,29+,30+,34+,35+/m1/s1. The van der Waals surface area contributed by atoms with E-state index < -0.39 is 169 Å². The Kier molecular flexibility index (Phi) is 26.0. The molecule has 0 bridgehead atoms. The number of H-pyrrole nitrogens is 1. The van der Waals surface area contributed by atoms with Crippen LogP contribution in [0.1, 0.15) is 84.3 Å². The molecular formula is C46H72N16O17S. The van der Waals surface area contributed by atoms with Crippen molar-refractivity contribution in [1.82, 2.24) is 57.0 Å². The SMILES string of the molecule is CC(C)[C@H](NC(=O)[C@@H]1CCCN1C(=O)[C@H](CCCN=C(N)N)NC(=O)[C@H](CC(=O)O)NC(=O)[C@H](Cc1cnc[nH]1)NC(=O)[C@@H](N)CS)C(=O)N[C@H](C(=O)N1CCC[C@H]1C(=O)N[C@@H](CC(=O)O)C(=O)N[C@@H](CC(N)=O)C(=O)O)[C@@H](C)O. The zero-order valence-electron chi connectivity index (χ0n) is 44.1. The van der Waals surface area contributed by atoms with Crippen molar-refractivity contribution in [1.29, 1.82) is 0 Å². The third-order valence-electron chi connectivity index (χ3n) is 12.7. The topological polar surface area (TPSA) is 539 Å². The highest BCUT2D eigenvalue weighted by Gasteiger charge is 2.44. The summed E-state index contributed by atoms with van der Waals surface area (Å²) < 4.78 is 0. The fourth-order valence-electron chi connectivity index (χ4n) is 8.60. The fraction of sp³-hybridized carbons (Fsp3) is 0.630. The van der Waals surface area contributed by atoms with Crippen LogP contribution >= 0.6 is 12.6 Å². The zero-order valence-corrected chi connectivity index (χ0v) is 45.0. The van der Waals surface area contributed by atoms with E-state index >= 15 is 0 Å². The first-order valence-electron chi connectivity index (χ1n) is 25.3. The predicted octanol–water partition coefficient (Wildman–Crippen LogP) is -7.42. The van der Waals surface area contributed by atoms with Crippen molar-refractivity contribution in [3.8, 4) is 0 Å². The van der Waals surface area contributed by atoms with Crippen molar-refractivity contribution >= 4 is 95.6 Å². The molecule has 80 heavy (non-hydrogen) atoms. The van der Waals surface area contributed by atoms with Gasteiger partial charge < -0.3 is 95.4 Å². The molecule has 0 spiro atoms. The molecule has 2 aliphatic rings. The lowest BCUT2D eigenvalue weighted by molar-refractivity contribution is -0.146. The molecule has 0 unspecified atom stereocenters. The van der Waals surface area contributed by atoms with E-state index in [0.717, 1.165) is 16.7 Å². The third kappa shape index (κ3) is 20.3. The van der Waals surface area contributed by atoms with Crippen LogP contribution in [0, 0.1) is 5.92 Å². The molecule has 34 heteroatoms. The van der Waals surface area contributed by atoms with E-state index in [1.165, 1.54) is 26.4 Å². The number of thiol groups is 1. The fourth-order valence-corrected chi connectivity index (χ4v) is 8.77. The average Bonchev–Trinajstić information content (AvgIpc) is 4.19. The van der Waals surface area contributed by atoms with E-state index in [4.69, 9.17) is 22.9 Å². The molecule has 0 aliphatic carbocycles. The number of rotatable bonds is 32. The Hall–Kier alpha value is -8.14. The lowest BCUT2D eigenvalue weighted by Crippen LogP contribution is -2.62. The van der Waals surface area contributed by atoms with Crippen LogP contribution in [-0.4, -0.2) is 215 Å². The minimum absolute atomic E-state index is 0.0395. The number of carbonyl (C=O) groups is 13. The predicted molar refractivity (Wildman–Crippen MR) is 279 cm³/mol. The van der Waals surface area contributed by atoms with Gasteiger partial charge in [0.05, 0.1) is 37.7 Å². The summed E-state index contributed by atoms with van der Waals surface area (Å²) >= 11 is 4.01. The van der Waals surface area contributed by atoms with Crippen LogP contribution in [0.15, 0.2) is 17.5 Å². The summed E-state index contributed by atoms with van der Waals surface area (Å²) in [5.41, 5.74) is 22.2. The Bertz CT molecular complexity index is 2460. The maximum atomic E-state index is 14.5. The van der Waals surface area contributed by atoms with Crippen molar-refractivity contribution in [2.24, 2.45) is 33.8 Å². The van der Waals surface area contributed by atoms with E-state index in [1.807, 2.05) is 5.32 Å². The highest BCUT2D eigenvalue weighted by molar-refractivity contribution is 7.80. The van der Waals surface area contributed by atoms with Gasteiger partial charge in [0, 0.05) is 43.7 Å². The molecule has 0 aromatic carbocycles. The van der Waals surface area contributed by atoms with E-state index in [2.05, 4.69) is 59.5 Å². The molecule has 33 nitrogen and oxygen atoms in total. The summed E-state index contributed by atoms with van der Waals surface area (Å²) in [7, 11) is 0. The summed E-state index contributed by atoms with van der Waals surface area (Å²) in [6, 6.07) is -15.6. The van der Waals surface area contributed by atoms with Crippen molar-refractivity contribution in [3.63, 3.8) is 0 Å². The van der Waals surface area contributed by atoms with Crippen LogP contribution in [0.4, 0.5) is 0 Å². The molecule has 3 rings (SSSR count). The molecule has 2 saturated heterocycles. The van der Waals surface area contributed by atoms with Gasteiger partial charge in [-0.2, -0.15) is 12.6 Å². The second-order valence-electron chi connectivity index (χ2n) is 19.4. The number of hydrogen-bond donors (Lipinski definition) is 17. The Balaban J connectivity index is 1.84. The molecule has 444 valence electrons. The highest BCUT2D eigenvalue weighted by atomic mass is 32.1. The molecule has 0 radical (unpaired) electrons. The monoisotopic (exact) mass is 1150 g/mol. The average molecular weight is 1150 g/mol. The van der Waals surface area contributed by atoms with Gasteiger partial charge in [-0.3, -0.25) is 62.5 Å². The van der Waals surface area contributed by atoms with Crippen LogP contribution in [0.25, 0.3) is 0 Å². The van der Waals surface area contributed by atoms with Gasteiger partial charge >= 0.3 is 17.9 Å². The lowest BCUT2D eigenvalue weighted by Gasteiger charge is -2.33. The first-order valence-corrected chi connectivity index (χ1v) is 25.9. The van der Waals surface area contributed by atoms with E-state index in [0.29, 0.717) is 5.69 Å². The van der Waals surface area contributed by atoms with Crippen LogP contribution in [-0.2, 0) is 68.7 Å².